The molecular formula is C15H14ClF3N4S. The summed E-state index contributed by atoms with van der Waals surface area (Å²) in [6.07, 6.45) is -2.00. The first-order valence-corrected chi connectivity index (χ1v) is 8.10. The number of benzene rings is 1. The maximum atomic E-state index is 13.3. The van der Waals surface area contributed by atoms with Crippen molar-refractivity contribution in [2.75, 3.05) is 5.32 Å². The number of nitrogens with one attached hydrogen (secondary N) is 1. The second kappa shape index (κ2) is 6.25. The predicted molar refractivity (Wildman–Crippen MR) is 90.6 cm³/mol. The van der Waals surface area contributed by atoms with Gasteiger partial charge in [0.1, 0.15) is 0 Å². The molecule has 0 saturated heterocycles. The highest BCUT2D eigenvalue weighted by molar-refractivity contribution is 7.80. The van der Waals surface area contributed by atoms with Gasteiger partial charge in [0.05, 0.1) is 10.7 Å². The summed E-state index contributed by atoms with van der Waals surface area (Å²) in [7, 11) is 0. The first kappa shape index (κ1) is 17.0. The standard InChI is InChI=1S/C15H14ClF3N4S/c16-10-7-8(21-14(20)24)5-6-12(10)23-11-4-2-1-3-9(11)13(22-23)15(17,18)19/h5-7H,1-4H2,(H3,20,21,24). The van der Waals surface area contributed by atoms with Gasteiger partial charge in [0.25, 0.3) is 0 Å². The van der Waals surface area contributed by atoms with Crippen molar-refractivity contribution in [1.82, 2.24) is 9.78 Å². The third kappa shape index (κ3) is 3.21. The summed E-state index contributed by atoms with van der Waals surface area (Å²) in [5.74, 6) is 0. The van der Waals surface area contributed by atoms with Crippen LogP contribution in [0.1, 0.15) is 29.8 Å². The minimum atomic E-state index is -4.48. The van der Waals surface area contributed by atoms with E-state index < -0.39 is 11.9 Å². The molecule has 4 nitrogen and oxygen atoms in total. The van der Waals surface area contributed by atoms with Crippen LogP contribution in [0.5, 0.6) is 0 Å². The number of nitrogens with two attached hydrogens (primary N) is 1. The van der Waals surface area contributed by atoms with Gasteiger partial charge in [0.15, 0.2) is 10.8 Å². The van der Waals surface area contributed by atoms with Crippen molar-refractivity contribution in [2.24, 2.45) is 5.73 Å². The highest BCUT2D eigenvalue weighted by atomic mass is 35.5. The molecule has 0 saturated carbocycles. The number of aromatic nitrogens is 2. The number of alkyl halides is 3. The Bertz CT molecular complexity index is 801. The Morgan fingerprint density at radius 1 is 1.29 bits per heavy atom. The van der Waals surface area contributed by atoms with Crippen LogP contribution < -0.4 is 11.1 Å². The van der Waals surface area contributed by atoms with Crippen LogP contribution in [0.4, 0.5) is 18.9 Å². The minimum absolute atomic E-state index is 0.0784. The third-order valence-corrected chi connectivity index (χ3v) is 4.30. The Hall–Kier alpha value is -1.80. The van der Waals surface area contributed by atoms with Gasteiger partial charge in [0, 0.05) is 16.9 Å². The van der Waals surface area contributed by atoms with Crippen molar-refractivity contribution in [3.63, 3.8) is 0 Å². The number of halogens is 4. The Morgan fingerprint density at radius 3 is 2.62 bits per heavy atom. The molecule has 0 amide bonds. The summed E-state index contributed by atoms with van der Waals surface area (Å²) >= 11 is 11.0. The Labute approximate surface area is 146 Å². The van der Waals surface area contributed by atoms with Crippen LogP contribution in [0.2, 0.25) is 5.02 Å². The summed E-state index contributed by atoms with van der Waals surface area (Å²) < 4.78 is 41.1. The molecule has 0 bridgehead atoms. The lowest BCUT2D eigenvalue weighted by Gasteiger charge is -2.15. The molecule has 1 aromatic heterocycles. The second-order valence-electron chi connectivity index (χ2n) is 5.55. The number of anilines is 1. The lowest BCUT2D eigenvalue weighted by molar-refractivity contribution is -0.142. The topological polar surface area (TPSA) is 55.9 Å². The third-order valence-electron chi connectivity index (χ3n) is 3.89. The number of hydrogen-bond acceptors (Lipinski definition) is 2. The molecule has 1 aliphatic rings. The summed E-state index contributed by atoms with van der Waals surface area (Å²) in [4.78, 5) is 0. The maximum Gasteiger partial charge on any atom is 0.435 e. The van der Waals surface area contributed by atoms with E-state index in [1.54, 1.807) is 18.2 Å². The van der Waals surface area contributed by atoms with E-state index in [4.69, 9.17) is 29.6 Å². The van der Waals surface area contributed by atoms with Crippen molar-refractivity contribution >= 4 is 34.6 Å². The molecule has 128 valence electrons. The van der Waals surface area contributed by atoms with E-state index in [-0.39, 0.29) is 15.7 Å². The zero-order valence-electron chi connectivity index (χ0n) is 12.5. The first-order valence-electron chi connectivity index (χ1n) is 7.31. The van der Waals surface area contributed by atoms with Crippen molar-refractivity contribution in [3.05, 3.63) is 40.2 Å². The van der Waals surface area contributed by atoms with Gasteiger partial charge in [-0.3, -0.25) is 0 Å². The van der Waals surface area contributed by atoms with Crippen LogP contribution in [0.3, 0.4) is 0 Å². The van der Waals surface area contributed by atoms with Crippen molar-refractivity contribution < 1.29 is 13.2 Å². The van der Waals surface area contributed by atoms with E-state index in [0.717, 1.165) is 12.8 Å². The molecule has 0 fully saturated rings. The van der Waals surface area contributed by atoms with Crippen LogP contribution in [0.15, 0.2) is 18.2 Å². The Morgan fingerprint density at radius 2 is 2.00 bits per heavy atom. The predicted octanol–water partition coefficient (Wildman–Crippen LogP) is 4.08. The van der Waals surface area contributed by atoms with Crippen LogP contribution in [0.25, 0.3) is 5.69 Å². The fourth-order valence-electron chi connectivity index (χ4n) is 2.92. The molecule has 0 aliphatic heterocycles. The normalized spacial score (nSPS) is 14.3. The molecule has 2 aromatic rings. The number of hydrogen-bond donors (Lipinski definition) is 2. The quantitative estimate of drug-likeness (QED) is 0.778. The highest BCUT2D eigenvalue weighted by Crippen LogP contribution is 2.38. The van der Waals surface area contributed by atoms with Gasteiger partial charge in [-0.2, -0.15) is 18.3 Å². The van der Waals surface area contributed by atoms with Gasteiger partial charge in [-0.05, 0) is 56.1 Å². The zero-order chi connectivity index (χ0) is 17.5. The Balaban J connectivity index is 2.10. The summed E-state index contributed by atoms with van der Waals surface area (Å²) in [6.45, 7) is 0. The van der Waals surface area contributed by atoms with Crippen LogP contribution in [0, 0.1) is 0 Å². The summed E-state index contributed by atoms with van der Waals surface area (Å²) in [5, 5.41) is 6.90. The largest absolute Gasteiger partial charge is 0.435 e. The second-order valence-corrected chi connectivity index (χ2v) is 6.39. The van der Waals surface area contributed by atoms with Crippen molar-refractivity contribution in [2.45, 2.75) is 31.9 Å². The van der Waals surface area contributed by atoms with Crippen LogP contribution >= 0.6 is 23.8 Å². The van der Waals surface area contributed by atoms with Crippen LogP contribution in [-0.2, 0) is 19.0 Å². The molecule has 9 heteroatoms. The van der Waals surface area contributed by atoms with Gasteiger partial charge < -0.3 is 11.1 Å². The number of thiocarbonyl (C=S) groups is 1. The molecule has 0 radical (unpaired) electrons. The summed E-state index contributed by atoms with van der Waals surface area (Å²) in [6, 6.07) is 4.80. The van der Waals surface area contributed by atoms with E-state index in [1.165, 1.54) is 4.68 Å². The molecule has 0 spiro atoms. The molecule has 3 N–H and O–H groups in total. The average Bonchev–Trinajstić information content (AvgIpc) is 2.86. The van der Waals surface area contributed by atoms with Gasteiger partial charge in [-0.25, -0.2) is 4.68 Å². The smallest absolute Gasteiger partial charge is 0.376 e. The molecule has 24 heavy (non-hydrogen) atoms. The van der Waals surface area contributed by atoms with Gasteiger partial charge in [0.2, 0.25) is 0 Å². The van der Waals surface area contributed by atoms with E-state index >= 15 is 0 Å². The lowest BCUT2D eigenvalue weighted by Crippen LogP contribution is -2.18. The maximum absolute atomic E-state index is 13.3. The fourth-order valence-corrected chi connectivity index (χ4v) is 3.30. The average molecular weight is 375 g/mol. The van der Waals surface area contributed by atoms with Crippen molar-refractivity contribution in [1.29, 1.82) is 0 Å². The van der Waals surface area contributed by atoms with E-state index in [1.807, 2.05) is 0 Å². The first-order chi connectivity index (χ1) is 11.3. The molecule has 3 rings (SSSR count). The van der Waals surface area contributed by atoms with Crippen LogP contribution in [-0.4, -0.2) is 14.9 Å². The van der Waals surface area contributed by atoms with Crippen molar-refractivity contribution in [3.8, 4) is 5.69 Å². The van der Waals surface area contributed by atoms with Gasteiger partial charge in [-0.1, -0.05) is 11.6 Å². The number of fused-ring (bicyclic) bond motifs is 1. The molecule has 1 aliphatic carbocycles. The lowest BCUT2D eigenvalue weighted by atomic mass is 9.95. The molecule has 0 atom stereocenters. The molecule has 1 aromatic carbocycles. The number of nitrogens with zero attached hydrogens (tertiary/aromatic N) is 2. The van der Waals surface area contributed by atoms with E-state index in [0.29, 0.717) is 29.9 Å². The van der Waals surface area contributed by atoms with Gasteiger partial charge in [-0.15, -0.1) is 0 Å². The summed E-state index contributed by atoms with van der Waals surface area (Å²) in [5.41, 5.74) is 6.39. The van der Waals surface area contributed by atoms with Gasteiger partial charge >= 0.3 is 6.18 Å². The fraction of sp³-hybridized carbons (Fsp3) is 0.333. The zero-order valence-corrected chi connectivity index (χ0v) is 14.0. The molecule has 1 heterocycles. The molecule has 0 unspecified atom stereocenters. The highest BCUT2D eigenvalue weighted by Gasteiger charge is 2.39. The molecular weight excluding hydrogens is 361 g/mol. The minimum Gasteiger partial charge on any atom is -0.376 e. The van der Waals surface area contributed by atoms with E-state index in [9.17, 15) is 13.2 Å². The number of rotatable bonds is 2. The Kier molecular flexibility index (Phi) is 4.44. The SMILES string of the molecule is NC(=S)Nc1ccc(-n2nc(C(F)(F)F)c3c2CCCC3)c(Cl)c1. The monoisotopic (exact) mass is 374 g/mol. The van der Waals surface area contributed by atoms with E-state index in [2.05, 4.69) is 10.4 Å².